The lowest BCUT2D eigenvalue weighted by Crippen LogP contribution is -2.15. The van der Waals surface area contributed by atoms with Crippen molar-refractivity contribution in [2.75, 3.05) is 0 Å². The average Bonchev–Trinajstić information content (AvgIpc) is 2.28. The van der Waals surface area contributed by atoms with Gasteiger partial charge in [0.25, 0.3) is 5.56 Å². The lowest BCUT2D eigenvalue weighted by Gasteiger charge is -2.21. The molecule has 0 aliphatic heterocycles. The van der Waals surface area contributed by atoms with E-state index in [-0.39, 0.29) is 10.8 Å². The number of aromatic amines is 1. The highest BCUT2D eigenvalue weighted by Crippen LogP contribution is 2.28. The summed E-state index contributed by atoms with van der Waals surface area (Å²) in [5.74, 6) is -0.491. The number of benzene rings is 1. The zero-order chi connectivity index (χ0) is 12.6. The lowest BCUT2D eigenvalue weighted by atomic mass is 9.84. The van der Waals surface area contributed by atoms with Crippen LogP contribution in [0.3, 0.4) is 0 Å². The van der Waals surface area contributed by atoms with Gasteiger partial charge in [-0.2, -0.15) is 0 Å². The van der Waals surface area contributed by atoms with Gasteiger partial charge < -0.3 is 4.98 Å². The van der Waals surface area contributed by atoms with E-state index in [0.29, 0.717) is 5.39 Å². The Hall–Kier alpha value is -1.90. The highest BCUT2D eigenvalue weighted by molar-refractivity contribution is 5.83. The molecule has 88 valence electrons. The first-order valence-electron chi connectivity index (χ1n) is 5.41. The Morgan fingerprint density at radius 1 is 1.41 bits per heavy atom. The molecule has 0 aliphatic carbocycles. The Morgan fingerprint density at radius 3 is 2.76 bits per heavy atom. The van der Waals surface area contributed by atoms with Crippen molar-refractivity contribution in [3.8, 4) is 0 Å². The zero-order valence-electron chi connectivity index (χ0n) is 9.88. The first kappa shape index (κ1) is 11.6. The fraction of sp³-hybridized carbons (Fsp3) is 0.214. The number of allylic oxidation sites excluding steroid dienone is 1. The third-order valence-electron chi connectivity index (χ3n) is 3.08. The molecule has 3 heteroatoms. The number of nitrogens with one attached hydrogen (secondary N) is 1. The number of hydrogen-bond acceptors (Lipinski definition) is 1. The maximum absolute atomic E-state index is 13.9. The molecule has 0 saturated carbocycles. The minimum absolute atomic E-state index is 0.108. The summed E-state index contributed by atoms with van der Waals surface area (Å²) < 4.78 is 13.9. The maximum atomic E-state index is 13.9. The average molecular weight is 231 g/mol. The van der Waals surface area contributed by atoms with E-state index in [2.05, 4.69) is 11.6 Å². The van der Waals surface area contributed by atoms with Crippen molar-refractivity contribution in [1.29, 1.82) is 0 Å². The lowest BCUT2D eigenvalue weighted by molar-refractivity contribution is 0.619. The monoisotopic (exact) mass is 231 g/mol. The summed E-state index contributed by atoms with van der Waals surface area (Å²) in [7, 11) is 0. The standard InChI is InChI=1S/C14H14FNO/c1-4-14(2,3)10-7-9-5-6-16-13(17)12(9)11(15)8-10/h4-8H,1H2,2-3H3,(H,16,17). The fourth-order valence-corrected chi connectivity index (χ4v) is 1.77. The predicted octanol–water partition coefficient (Wildman–Crippen LogP) is 3.13. The summed E-state index contributed by atoms with van der Waals surface area (Å²) in [6.07, 6.45) is 3.29. The minimum atomic E-state index is -0.491. The Morgan fingerprint density at radius 2 is 2.12 bits per heavy atom. The molecule has 0 saturated heterocycles. The Bertz CT molecular complexity index is 640. The van der Waals surface area contributed by atoms with E-state index in [9.17, 15) is 9.18 Å². The third kappa shape index (κ3) is 1.88. The summed E-state index contributed by atoms with van der Waals surface area (Å²) in [6, 6.07) is 4.93. The van der Waals surface area contributed by atoms with Crippen molar-refractivity contribution in [2.45, 2.75) is 19.3 Å². The quantitative estimate of drug-likeness (QED) is 0.791. The summed E-state index contributed by atoms with van der Waals surface area (Å²) in [6.45, 7) is 7.65. The summed E-state index contributed by atoms with van der Waals surface area (Å²) in [5, 5.41) is 0.717. The molecular weight excluding hydrogens is 217 g/mol. The molecule has 0 aliphatic rings. The van der Waals surface area contributed by atoms with Crippen molar-refractivity contribution in [2.24, 2.45) is 0 Å². The van der Waals surface area contributed by atoms with Crippen LogP contribution in [0.5, 0.6) is 0 Å². The van der Waals surface area contributed by atoms with Crippen LogP contribution in [-0.2, 0) is 5.41 Å². The highest BCUT2D eigenvalue weighted by atomic mass is 19.1. The van der Waals surface area contributed by atoms with E-state index in [0.717, 1.165) is 5.56 Å². The fourth-order valence-electron chi connectivity index (χ4n) is 1.77. The van der Waals surface area contributed by atoms with Crippen LogP contribution < -0.4 is 5.56 Å². The normalized spacial score (nSPS) is 11.7. The number of aromatic nitrogens is 1. The van der Waals surface area contributed by atoms with Gasteiger partial charge >= 0.3 is 0 Å². The van der Waals surface area contributed by atoms with Crippen LogP contribution in [0.15, 0.2) is 41.8 Å². The van der Waals surface area contributed by atoms with Gasteiger partial charge in [0.1, 0.15) is 5.82 Å². The molecule has 0 bridgehead atoms. The van der Waals surface area contributed by atoms with Crippen molar-refractivity contribution >= 4 is 10.8 Å². The van der Waals surface area contributed by atoms with Crippen molar-refractivity contribution in [1.82, 2.24) is 4.98 Å². The van der Waals surface area contributed by atoms with Crippen LogP contribution in [0.25, 0.3) is 10.8 Å². The molecule has 0 atom stereocenters. The second-order valence-corrected chi connectivity index (χ2v) is 4.65. The van der Waals surface area contributed by atoms with Gasteiger partial charge in [0.15, 0.2) is 0 Å². The Balaban J connectivity index is 2.82. The summed E-state index contributed by atoms with van der Waals surface area (Å²) in [5.41, 5.74) is 0.0866. The minimum Gasteiger partial charge on any atom is -0.328 e. The van der Waals surface area contributed by atoms with Crippen molar-refractivity contribution in [3.63, 3.8) is 0 Å². The number of pyridine rings is 1. The van der Waals surface area contributed by atoms with Crippen LogP contribution in [0.4, 0.5) is 4.39 Å². The predicted molar refractivity (Wildman–Crippen MR) is 67.7 cm³/mol. The molecule has 0 fully saturated rings. The van der Waals surface area contributed by atoms with Crippen molar-refractivity contribution < 1.29 is 4.39 Å². The number of rotatable bonds is 2. The van der Waals surface area contributed by atoms with Gasteiger partial charge in [-0.15, -0.1) is 6.58 Å². The van der Waals surface area contributed by atoms with Gasteiger partial charge in [0.2, 0.25) is 0 Å². The van der Waals surface area contributed by atoms with E-state index in [1.807, 2.05) is 19.9 Å². The molecule has 1 aromatic carbocycles. The topological polar surface area (TPSA) is 32.9 Å². The van der Waals surface area contributed by atoms with E-state index in [1.165, 1.54) is 12.3 Å². The summed E-state index contributed by atoms with van der Waals surface area (Å²) in [4.78, 5) is 14.0. The first-order chi connectivity index (χ1) is 7.95. The number of hydrogen-bond donors (Lipinski definition) is 1. The molecule has 17 heavy (non-hydrogen) atoms. The Labute approximate surface area is 98.8 Å². The molecule has 2 aromatic rings. The van der Waals surface area contributed by atoms with E-state index >= 15 is 0 Å². The second-order valence-electron chi connectivity index (χ2n) is 4.65. The van der Waals surface area contributed by atoms with Crippen molar-refractivity contribution in [3.05, 3.63) is 58.8 Å². The molecule has 2 rings (SSSR count). The molecule has 1 aromatic heterocycles. The van der Waals surface area contributed by atoms with Gasteiger partial charge in [-0.05, 0) is 29.1 Å². The molecule has 0 amide bonds. The second kappa shape index (κ2) is 3.84. The molecule has 1 N–H and O–H groups in total. The van der Waals surface area contributed by atoms with Gasteiger partial charge in [-0.1, -0.05) is 19.9 Å². The number of fused-ring (bicyclic) bond motifs is 1. The molecule has 0 spiro atoms. The SMILES string of the molecule is C=CC(C)(C)c1cc(F)c2c(=O)[nH]ccc2c1. The zero-order valence-corrected chi connectivity index (χ0v) is 9.88. The molecular formula is C14H14FNO. The van der Waals surface area contributed by atoms with Crippen LogP contribution in [-0.4, -0.2) is 4.98 Å². The van der Waals surface area contributed by atoms with Crippen LogP contribution in [0.2, 0.25) is 0 Å². The van der Waals surface area contributed by atoms with Crippen LogP contribution in [0, 0.1) is 5.82 Å². The van der Waals surface area contributed by atoms with E-state index < -0.39 is 11.4 Å². The third-order valence-corrected chi connectivity index (χ3v) is 3.08. The maximum Gasteiger partial charge on any atom is 0.258 e. The molecule has 1 heterocycles. The Kier molecular flexibility index (Phi) is 2.62. The first-order valence-corrected chi connectivity index (χ1v) is 5.41. The molecule has 0 radical (unpaired) electrons. The highest BCUT2D eigenvalue weighted by Gasteiger charge is 2.18. The van der Waals surface area contributed by atoms with Crippen LogP contribution >= 0.6 is 0 Å². The van der Waals surface area contributed by atoms with Gasteiger partial charge in [-0.3, -0.25) is 4.79 Å². The smallest absolute Gasteiger partial charge is 0.258 e. The van der Waals surface area contributed by atoms with Gasteiger partial charge in [0.05, 0.1) is 5.39 Å². The largest absolute Gasteiger partial charge is 0.328 e. The summed E-state index contributed by atoms with van der Waals surface area (Å²) >= 11 is 0. The number of halogens is 1. The molecule has 0 unspecified atom stereocenters. The number of H-pyrrole nitrogens is 1. The van der Waals surface area contributed by atoms with Crippen LogP contribution in [0.1, 0.15) is 19.4 Å². The van der Waals surface area contributed by atoms with E-state index in [4.69, 9.17) is 0 Å². The van der Waals surface area contributed by atoms with Gasteiger partial charge in [-0.25, -0.2) is 4.39 Å². The van der Waals surface area contributed by atoms with E-state index in [1.54, 1.807) is 12.1 Å². The molecule has 2 nitrogen and oxygen atoms in total. The van der Waals surface area contributed by atoms with Gasteiger partial charge in [0, 0.05) is 11.6 Å².